The van der Waals surface area contributed by atoms with Crippen LogP contribution >= 0.6 is 0 Å². The Morgan fingerprint density at radius 3 is 2.60 bits per heavy atom. The second-order valence-electron chi connectivity index (χ2n) is 5.10. The summed E-state index contributed by atoms with van der Waals surface area (Å²) in [6.07, 6.45) is 0.487. The SMILES string of the molecule is Cc1cc(S(=O)(=O)N(C)C2CCOC2C)cc(N)c1F. The fraction of sp³-hybridized carbons (Fsp3) is 0.538. The number of hydrogen-bond donors (Lipinski definition) is 1. The second-order valence-corrected chi connectivity index (χ2v) is 7.09. The van der Waals surface area contributed by atoms with Gasteiger partial charge in [-0.2, -0.15) is 4.31 Å². The van der Waals surface area contributed by atoms with Crippen LogP contribution in [0.5, 0.6) is 0 Å². The summed E-state index contributed by atoms with van der Waals surface area (Å²) in [4.78, 5) is 0.00972. The molecule has 0 radical (unpaired) electrons. The van der Waals surface area contributed by atoms with Crippen LogP contribution in [0.3, 0.4) is 0 Å². The number of ether oxygens (including phenoxy) is 1. The molecule has 1 aromatic carbocycles. The molecule has 2 N–H and O–H groups in total. The second kappa shape index (κ2) is 5.31. The average molecular weight is 302 g/mol. The van der Waals surface area contributed by atoms with Gasteiger partial charge in [0.1, 0.15) is 5.82 Å². The maximum absolute atomic E-state index is 13.5. The van der Waals surface area contributed by atoms with Crippen molar-refractivity contribution >= 4 is 15.7 Å². The first kappa shape index (κ1) is 15.2. The predicted molar refractivity (Wildman–Crippen MR) is 74.3 cm³/mol. The van der Waals surface area contributed by atoms with Crippen molar-refractivity contribution in [2.75, 3.05) is 19.4 Å². The van der Waals surface area contributed by atoms with Crippen LogP contribution in [0, 0.1) is 12.7 Å². The van der Waals surface area contributed by atoms with E-state index in [4.69, 9.17) is 10.5 Å². The summed E-state index contributed by atoms with van der Waals surface area (Å²) in [6.45, 7) is 3.87. The molecule has 0 aliphatic carbocycles. The molecule has 20 heavy (non-hydrogen) atoms. The largest absolute Gasteiger partial charge is 0.396 e. The molecule has 1 fully saturated rings. The number of anilines is 1. The van der Waals surface area contributed by atoms with Crippen LogP contribution < -0.4 is 5.73 Å². The van der Waals surface area contributed by atoms with Crippen molar-refractivity contribution in [1.29, 1.82) is 0 Å². The molecule has 7 heteroatoms. The first-order chi connectivity index (χ1) is 9.25. The molecular weight excluding hydrogens is 283 g/mol. The lowest BCUT2D eigenvalue weighted by Crippen LogP contribution is -2.41. The summed E-state index contributed by atoms with van der Waals surface area (Å²) in [5, 5.41) is 0. The van der Waals surface area contributed by atoms with E-state index in [-0.39, 0.29) is 28.3 Å². The number of hydrogen-bond acceptors (Lipinski definition) is 4. The molecule has 1 aromatic rings. The third kappa shape index (κ3) is 2.53. The van der Waals surface area contributed by atoms with Crippen LogP contribution in [0.1, 0.15) is 18.9 Å². The number of nitrogens with zero attached hydrogens (tertiary/aromatic N) is 1. The summed E-state index contributed by atoms with van der Waals surface area (Å²) in [5.74, 6) is -0.579. The molecule has 0 saturated carbocycles. The van der Waals surface area contributed by atoms with E-state index in [0.29, 0.717) is 13.0 Å². The molecule has 1 saturated heterocycles. The number of rotatable bonds is 3. The number of sulfonamides is 1. The summed E-state index contributed by atoms with van der Waals surface area (Å²) in [7, 11) is -2.20. The molecule has 1 aliphatic rings. The number of halogens is 1. The summed E-state index contributed by atoms with van der Waals surface area (Å²) >= 11 is 0. The predicted octanol–water partition coefficient (Wildman–Crippen LogP) is 1.51. The minimum absolute atomic E-state index is 0.00972. The molecule has 2 atom stereocenters. The van der Waals surface area contributed by atoms with E-state index in [1.807, 2.05) is 6.92 Å². The molecule has 2 unspecified atom stereocenters. The van der Waals surface area contributed by atoms with E-state index in [2.05, 4.69) is 0 Å². The molecule has 112 valence electrons. The maximum atomic E-state index is 13.5. The summed E-state index contributed by atoms with van der Waals surface area (Å²) < 4.78 is 45.3. The van der Waals surface area contributed by atoms with Crippen molar-refractivity contribution in [2.24, 2.45) is 0 Å². The fourth-order valence-corrected chi connectivity index (χ4v) is 4.02. The lowest BCUT2D eigenvalue weighted by atomic mass is 10.2. The number of likely N-dealkylation sites (N-methyl/N-ethyl adjacent to an activating group) is 1. The van der Waals surface area contributed by atoms with Gasteiger partial charge in [-0.1, -0.05) is 0 Å². The normalized spacial score (nSPS) is 23.4. The Kier molecular flexibility index (Phi) is 4.04. The van der Waals surface area contributed by atoms with Gasteiger partial charge in [-0.15, -0.1) is 0 Å². The van der Waals surface area contributed by atoms with Crippen molar-refractivity contribution < 1.29 is 17.5 Å². The molecule has 0 aromatic heterocycles. The standard InChI is InChI=1S/C13H19FN2O3S/c1-8-6-10(7-11(15)13(8)14)20(17,18)16(3)12-4-5-19-9(12)2/h6-7,9,12H,4-5,15H2,1-3H3. The number of benzene rings is 1. The Balaban J connectivity index is 2.40. The van der Waals surface area contributed by atoms with Gasteiger partial charge < -0.3 is 10.5 Å². The molecule has 0 amide bonds. The molecule has 1 heterocycles. The van der Waals surface area contributed by atoms with Gasteiger partial charge in [0, 0.05) is 13.7 Å². The Hall–Kier alpha value is -1.18. The van der Waals surface area contributed by atoms with Gasteiger partial charge in [0.25, 0.3) is 0 Å². The van der Waals surface area contributed by atoms with Crippen LogP contribution in [0.4, 0.5) is 10.1 Å². The first-order valence-electron chi connectivity index (χ1n) is 6.40. The topological polar surface area (TPSA) is 72.6 Å². The van der Waals surface area contributed by atoms with E-state index in [9.17, 15) is 12.8 Å². The summed E-state index contributed by atoms with van der Waals surface area (Å²) in [5.41, 5.74) is 5.57. The highest BCUT2D eigenvalue weighted by atomic mass is 32.2. The van der Waals surface area contributed by atoms with Gasteiger partial charge in [-0.3, -0.25) is 0 Å². The zero-order valence-electron chi connectivity index (χ0n) is 11.8. The molecule has 5 nitrogen and oxygen atoms in total. The molecule has 0 spiro atoms. The van der Waals surface area contributed by atoms with Crippen LogP contribution in [0.2, 0.25) is 0 Å². The van der Waals surface area contributed by atoms with E-state index in [0.717, 1.165) is 6.07 Å². The van der Waals surface area contributed by atoms with Gasteiger partial charge in [0.2, 0.25) is 10.0 Å². The van der Waals surface area contributed by atoms with Crippen LogP contribution in [0.15, 0.2) is 17.0 Å². The van der Waals surface area contributed by atoms with Crippen LogP contribution in [-0.4, -0.2) is 38.5 Å². The number of nitrogen functional groups attached to an aromatic ring is 1. The number of nitrogens with two attached hydrogens (primary N) is 1. The Labute approximate surface area is 118 Å². The third-order valence-corrected chi connectivity index (χ3v) is 5.60. The lowest BCUT2D eigenvalue weighted by molar-refractivity contribution is 0.102. The van der Waals surface area contributed by atoms with Crippen molar-refractivity contribution in [3.63, 3.8) is 0 Å². The molecule has 1 aliphatic heterocycles. The highest BCUT2D eigenvalue weighted by Gasteiger charge is 2.35. The minimum atomic E-state index is -3.71. The maximum Gasteiger partial charge on any atom is 0.243 e. The van der Waals surface area contributed by atoms with E-state index < -0.39 is 15.8 Å². The van der Waals surface area contributed by atoms with Gasteiger partial charge in [-0.25, -0.2) is 12.8 Å². The third-order valence-electron chi connectivity index (χ3n) is 3.74. The lowest BCUT2D eigenvalue weighted by Gasteiger charge is -2.26. The van der Waals surface area contributed by atoms with Gasteiger partial charge in [0.15, 0.2) is 0 Å². The zero-order valence-corrected chi connectivity index (χ0v) is 12.6. The molecular formula is C13H19FN2O3S. The number of aryl methyl sites for hydroxylation is 1. The van der Waals surface area contributed by atoms with E-state index >= 15 is 0 Å². The highest BCUT2D eigenvalue weighted by molar-refractivity contribution is 7.89. The smallest absolute Gasteiger partial charge is 0.243 e. The monoisotopic (exact) mass is 302 g/mol. The van der Waals surface area contributed by atoms with E-state index in [1.165, 1.54) is 24.3 Å². The van der Waals surface area contributed by atoms with Crippen molar-refractivity contribution in [2.45, 2.75) is 37.3 Å². The molecule has 0 bridgehead atoms. The quantitative estimate of drug-likeness (QED) is 0.859. The van der Waals surface area contributed by atoms with Crippen molar-refractivity contribution in [1.82, 2.24) is 4.31 Å². The zero-order chi connectivity index (χ0) is 15.1. The van der Waals surface area contributed by atoms with E-state index in [1.54, 1.807) is 0 Å². The van der Waals surface area contributed by atoms with Crippen LogP contribution in [-0.2, 0) is 14.8 Å². The Morgan fingerprint density at radius 2 is 2.10 bits per heavy atom. The molecule has 2 rings (SSSR count). The fourth-order valence-electron chi connectivity index (χ4n) is 2.45. The van der Waals surface area contributed by atoms with Gasteiger partial charge in [-0.05, 0) is 38.0 Å². The first-order valence-corrected chi connectivity index (χ1v) is 7.84. The summed E-state index contributed by atoms with van der Waals surface area (Å²) in [6, 6.07) is 2.25. The Bertz CT molecular complexity index is 595. The van der Waals surface area contributed by atoms with Crippen molar-refractivity contribution in [3.8, 4) is 0 Å². The van der Waals surface area contributed by atoms with Gasteiger partial charge >= 0.3 is 0 Å². The minimum Gasteiger partial charge on any atom is -0.396 e. The van der Waals surface area contributed by atoms with Crippen LogP contribution in [0.25, 0.3) is 0 Å². The van der Waals surface area contributed by atoms with Crippen molar-refractivity contribution in [3.05, 3.63) is 23.5 Å². The van der Waals surface area contributed by atoms with Gasteiger partial charge in [0.05, 0.1) is 22.7 Å². The highest BCUT2D eigenvalue weighted by Crippen LogP contribution is 2.27. The average Bonchev–Trinajstić information content (AvgIpc) is 2.80. The Morgan fingerprint density at radius 1 is 1.45 bits per heavy atom.